The van der Waals surface area contributed by atoms with Crippen molar-refractivity contribution in [2.75, 3.05) is 0 Å². The van der Waals surface area contributed by atoms with E-state index >= 15 is 0 Å². The maximum Gasteiger partial charge on any atom is 0.191 e. The highest BCUT2D eigenvalue weighted by atomic mass is 16.3. The number of benzene rings is 2. The lowest BCUT2D eigenvalue weighted by Gasteiger charge is -2.65. The van der Waals surface area contributed by atoms with E-state index in [1.54, 1.807) is 33.8 Å². The smallest absolute Gasteiger partial charge is 0.191 e. The van der Waals surface area contributed by atoms with Gasteiger partial charge in [-0.1, -0.05) is 65.0 Å². The third-order valence-corrected chi connectivity index (χ3v) is 10.3. The third-order valence-electron chi connectivity index (χ3n) is 10.3. The van der Waals surface area contributed by atoms with Gasteiger partial charge in [0, 0.05) is 16.7 Å². The zero-order valence-electron chi connectivity index (χ0n) is 23.4. The van der Waals surface area contributed by atoms with E-state index in [1.807, 2.05) is 30.3 Å². The molecule has 8 nitrogen and oxygen atoms in total. The van der Waals surface area contributed by atoms with E-state index < -0.39 is 81.0 Å². The number of phenols is 1. The number of carbonyl (C=O) groups excluding carboxylic acids is 5. The Morgan fingerprint density at radius 3 is 2.10 bits per heavy atom. The van der Waals surface area contributed by atoms with Gasteiger partial charge < -0.3 is 15.3 Å². The number of aliphatic hydroxyl groups is 2. The van der Waals surface area contributed by atoms with Crippen molar-refractivity contribution in [3.8, 4) is 16.9 Å². The van der Waals surface area contributed by atoms with Crippen LogP contribution in [0, 0.1) is 34.5 Å². The molecule has 2 aromatic rings. The summed E-state index contributed by atoms with van der Waals surface area (Å²) < 4.78 is 0. The second-order valence-corrected chi connectivity index (χ2v) is 12.5. The average Bonchev–Trinajstić information content (AvgIpc) is 2.89. The molecule has 0 bridgehead atoms. The highest BCUT2D eigenvalue weighted by molar-refractivity contribution is 6.33. The van der Waals surface area contributed by atoms with Gasteiger partial charge in [-0.15, -0.1) is 0 Å². The number of aliphatic hydroxyl groups excluding tert-OH is 1. The summed E-state index contributed by atoms with van der Waals surface area (Å²) in [5.74, 6) is -11.3. The third kappa shape index (κ3) is 3.12. The number of hydrogen-bond donors (Lipinski definition) is 3. The summed E-state index contributed by atoms with van der Waals surface area (Å²) in [4.78, 5) is 68.4. The van der Waals surface area contributed by atoms with Gasteiger partial charge >= 0.3 is 0 Å². The van der Waals surface area contributed by atoms with Crippen molar-refractivity contribution in [2.24, 2.45) is 34.5 Å². The van der Waals surface area contributed by atoms with E-state index in [2.05, 4.69) is 0 Å². The van der Waals surface area contributed by atoms with E-state index in [-0.39, 0.29) is 11.3 Å². The maximum atomic E-state index is 14.4. The van der Waals surface area contributed by atoms with E-state index in [4.69, 9.17) is 0 Å². The molecule has 8 heteroatoms. The van der Waals surface area contributed by atoms with Crippen LogP contribution in [0.3, 0.4) is 0 Å². The molecule has 0 amide bonds. The van der Waals surface area contributed by atoms with Gasteiger partial charge in [-0.2, -0.15) is 0 Å². The molecular formula is C32H34O8. The second-order valence-electron chi connectivity index (χ2n) is 12.5. The van der Waals surface area contributed by atoms with Crippen LogP contribution in [-0.4, -0.2) is 55.9 Å². The quantitative estimate of drug-likeness (QED) is 0.497. The molecule has 3 N–H and O–H groups in total. The van der Waals surface area contributed by atoms with Crippen molar-refractivity contribution in [2.45, 2.75) is 59.2 Å². The fraction of sp³-hybridized carbons (Fsp3) is 0.469. The van der Waals surface area contributed by atoms with Crippen molar-refractivity contribution in [3.63, 3.8) is 0 Å². The zero-order valence-corrected chi connectivity index (χ0v) is 23.4. The van der Waals surface area contributed by atoms with Crippen molar-refractivity contribution in [1.29, 1.82) is 0 Å². The van der Waals surface area contributed by atoms with Crippen molar-refractivity contribution >= 4 is 28.9 Å². The molecule has 210 valence electrons. The molecule has 8 atom stereocenters. The average molecular weight is 547 g/mol. The number of aromatic hydroxyl groups is 1. The summed E-state index contributed by atoms with van der Waals surface area (Å²) >= 11 is 0. The molecule has 2 aromatic carbocycles. The van der Waals surface area contributed by atoms with Crippen LogP contribution in [0.5, 0.6) is 5.75 Å². The Morgan fingerprint density at radius 2 is 1.55 bits per heavy atom. The molecule has 5 rings (SSSR count). The minimum atomic E-state index is -2.97. The van der Waals surface area contributed by atoms with Gasteiger partial charge in [0.25, 0.3) is 0 Å². The number of rotatable bonds is 3. The van der Waals surface area contributed by atoms with Crippen LogP contribution in [0.1, 0.15) is 63.4 Å². The summed E-state index contributed by atoms with van der Waals surface area (Å²) in [7, 11) is 0. The van der Waals surface area contributed by atoms with Crippen molar-refractivity contribution in [3.05, 3.63) is 53.6 Å². The van der Waals surface area contributed by atoms with Gasteiger partial charge in [0.2, 0.25) is 0 Å². The van der Waals surface area contributed by atoms with Crippen LogP contribution in [-0.2, 0) is 19.2 Å². The van der Waals surface area contributed by atoms with E-state index in [1.165, 1.54) is 13.0 Å². The van der Waals surface area contributed by atoms with E-state index in [0.717, 1.165) is 12.5 Å². The van der Waals surface area contributed by atoms with Crippen molar-refractivity contribution < 1.29 is 39.3 Å². The molecule has 3 unspecified atom stereocenters. The second kappa shape index (κ2) is 8.75. The van der Waals surface area contributed by atoms with E-state index in [9.17, 15) is 39.3 Å². The van der Waals surface area contributed by atoms with E-state index in [0.29, 0.717) is 11.1 Å². The first-order valence-electron chi connectivity index (χ1n) is 13.6. The summed E-state index contributed by atoms with van der Waals surface area (Å²) in [5, 5.41) is 35.4. The lowest BCUT2D eigenvalue weighted by atomic mass is 9.37. The molecule has 0 aromatic heterocycles. The van der Waals surface area contributed by atoms with Gasteiger partial charge in [-0.25, -0.2) is 0 Å². The number of hydrogen-bond acceptors (Lipinski definition) is 8. The van der Waals surface area contributed by atoms with Gasteiger partial charge in [-0.05, 0) is 47.6 Å². The number of phenolic OH excluding ortho intramolecular Hbond substituents is 1. The normalized spacial score (nSPS) is 37.2. The van der Waals surface area contributed by atoms with Crippen LogP contribution in [0.2, 0.25) is 0 Å². The standard InChI is InChI=1S/C32H34O8/c1-14(2)23-25(35)21(16(4)33)27(37)32(40)28(38)24-26(36)22-19(15(3)30(24,5)29(39)31(23,32)6)12-18(13-20(22)34)17-10-8-7-9-11-17/h7-15,21,23-24,29,34,39-40H,1-6H3/t15-,21?,23?,24?,29-,30+,31+,32+/m1/s1. The Balaban J connectivity index is 1.79. The first-order valence-corrected chi connectivity index (χ1v) is 13.6. The van der Waals surface area contributed by atoms with Gasteiger partial charge in [-0.3, -0.25) is 24.0 Å². The van der Waals surface area contributed by atoms with Crippen LogP contribution in [0.15, 0.2) is 42.5 Å². The fourth-order valence-corrected chi connectivity index (χ4v) is 8.18. The highest BCUT2D eigenvalue weighted by Crippen LogP contribution is 2.66. The first kappa shape index (κ1) is 28.1. The summed E-state index contributed by atoms with van der Waals surface area (Å²) in [6.07, 6.45) is -1.68. The predicted octanol–water partition coefficient (Wildman–Crippen LogP) is 3.29. The predicted molar refractivity (Wildman–Crippen MR) is 144 cm³/mol. The Labute approximate surface area is 232 Å². The highest BCUT2D eigenvalue weighted by Gasteiger charge is 2.80. The molecule has 3 aliphatic carbocycles. The number of carbonyl (C=O) groups is 5. The van der Waals surface area contributed by atoms with Crippen LogP contribution in [0.25, 0.3) is 11.1 Å². The van der Waals surface area contributed by atoms with Crippen LogP contribution in [0.4, 0.5) is 0 Å². The first-order chi connectivity index (χ1) is 18.6. The summed E-state index contributed by atoms with van der Waals surface area (Å²) in [5.41, 5.74) is -4.82. The maximum absolute atomic E-state index is 14.4. The van der Waals surface area contributed by atoms with Gasteiger partial charge in [0.15, 0.2) is 28.7 Å². The lowest BCUT2D eigenvalue weighted by Crippen LogP contribution is -2.81. The molecule has 0 saturated heterocycles. The largest absolute Gasteiger partial charge is 0.507 e. The molecule has 2 saturated carbocycles. The van der Waals surface area contributed by atoms with Gasteiger partial charge in [0.1, 0.15) is 17.5 Å². The Kier molecular flexibility index (Phi) is 6.14. The number of ketones is 5. The zero-order chi connectivity index (χ0) is 29.7. The van der Waals surface area contributed by atoms with Crippen molar-refractivity contribution in [1.82, 2.24) is 0 Å². The monoisotopic (exact) mass is 546 g/mol. The fourth-order valence-electron chi connectivity index (χ4n) is 8.18. The molecular weight excluding hydrogens is 512 g/mol. The van der Waals surface area contributed by atoms with Gasteiger partial charge in [0.05, 0.1) is 17.6 Å². The molecule has 0 radical (unpaired) electrons. The molecule has 3 aliphatic rings. The molecule has 2 fully saturated rings. The topological polar surface area (TPSA) is 146 Å². The minimum absolute atomic E-state index is 0.106. The molecule has 0 spiro atoms. The molecule has 0 aliphatic heterocycles. The SMILES string of the molecule is CC(=O)C1C(=O)C(C(C)C)[C@@]2(C)[C@H](O)[C@]3(C)C(C(=O)c4c(O)cc(-c5ccccc5)cc4[C@H]3C)C(=O)[C@@]2(O)C1=O. The summed E-state index contributed by atoms with van der Waals surface area (Å²) in [6.45, 7) is 9.02. The Morgan fingerprint density at radius 1 is 0.950 bits per heavy atom. The van der Waals surface area contributed by atoms with Crippen LogP contribution < -0.4 is 0 Å². The Bertz CT molecular complexity index is 1490. The summed E-state index contributed by atoms with van der Waals surface area (Å²) in [6, 6.07) is 12.4. The van der Waals surface area contributed by atoms with Crippen LogP contribution >= 0.6 is 0 Å². The molecule has 40 heavy (non-hydrogen) atoms. The number of Topliss-reactive ketones (excluding diaryl/α,β-unsaturated/α-hetero) is 5. The number of fused-ring (bicyclic) bond motifs is 3. The lowest BCUT2D eigenvalue weighted by molar-refractivity contribution is -0.240. The minimum Gasteiger partial charge on any atom is -0.507 e. The molecule has 0 heterocycles. The Hall–Kier alpha value is -3.49.